The van der Waals surface area contributed by atoms with Gasteiger partial charge in [-0.05, 0) is 23.6 Å². The summed E-state index contributed by atoms with van der Waals surface area (Å²) in [7, 11) is 0. The molecule has 94 valence electrons. The lowest BCUT2D eigenvalue weighted by atomic mass is 10.1. The molecule has 0 aliphatic carbocycles. The van der Waals surface area contributed by atoms with Crippen LogP contribution in [0.25, 0.3) is 10.8 Å². The number of aliphatic carboxylic acids is 1. The number of carbonyl (C=O) groups is 1. The van der Waals surface area contributed by atoms with Gasteiger partial charge in [-0.15, -0.1) is 0 Å². The second-order valence-corrected chi connectivity index (χ2v) is 3.86. The van der Waals surface area contributed by atoms with Crippen molar-refractivity contribution in [2.75, 3.05) is 17.7 Å². The summed E-state index contributed by atoms with van der Waals surface area (Å²) in [4.78, 5) is 14.9. The Labute approximate surface area is 103 Å². The van der Waals surface area contributed by atoms with Gasteiger partial charge < -0.3 is 21.3 Å². The summed E-state index contributed by atoms with van der Waals surface area (Å²) in [6.45, 7) is -0.518. The molecule has 0 saturated carbocycles. The van der Waals surface area contributed by atoms with Gasteiger partial charge in [0.15, 0.2) is 0 Å². The normalized spacial score (nSPS) is 12.3. The summed E-state index contributed by atoms with van der Waals surface area (Å²) in [5.74, 6) is -0.749. The van der Waals surface area contributed by atoms with E-state index in [-0.39, 0.29) is 0 Å². The van der Waals surface area contributed by atoms with Gasteiger partial charge in [0.25, 0.3) is 0 Å². The molecule has 1 aromatic heterocycles. The third-order valence-electron chi connectivity index (χ3n) is 2.58. The van der Waals surface area contributed by atoms with E-state index < -0.39 is 18.6 Å². The molecular weight excluding hydrogens is 234 g/mol. The van der Waals surface area contributed by atoms with Crippen LogP contribution in [0.5, 0.6) is 0 Å². The molecule has 6 heteroatoms. The number of fused-ring (bicyclic) bond motifs is 1. The van der Waals surface area contributed by atoms with Crippen molar-refractivity contribution in [2.45, 2.75) is 6.04 Å². The zero-order valence-corrected chi connectivity index (χ0v) is 9.50. The van der Waals surface area contributed by atoms with E-state index in [1.807, 2.05) is 6.07 Å². The number of rotatable bonds is 4. The number of carboxylic acids is 1. The van der Waals surface area contributed by atoms with E-state index >= 15 is 0 Å². The first kappa shape index (κ1) is 12.1. The van der Waals surface area contributed by atoms with Crippen LogP contribution in [0.2, 0.25) is 0 Å². The number of hydrogen-bond donors (Lipinski definition) is 4. The smallest absolute Gasteiger partial charge is 0.328 e. The monoisotopic (exact) mass is 247 g/mol. The Kier molecular flexibility index (Phi) is 3.29. The van der Waals surface area contributed by atoms with Crippen LogP contribution in [0.3, 0.4) is 0 Å². The molecule has 2 rings (SSSR count). The molecule has 1 unspecified atom stereocenters. The SMILES string of the molecule is Nc1ccc2ccnc(NC(CO)C(=O)O)c2c1. The van der Waals surface area contributed by atoms with Crippen molar-refractivity contribution >= 4 is 28.2 Å². The first-order valence-electron chi connectivity index (χ1n) is 5.36. The highest BCUT2D eigenvalue weighted by Crippen LogP contribution is 2.23. The van der Waals surface area contributed by atoms with Crippen molar-refractivity contribution in [2.24, 2.45) is 0 Å². The number of nitrogen functional groups attached to an aromatic ring is 1. The average Bonchev–Trinajstić information content (AvgIpc) is 2.35. The van der Waals surface area contributed by atoms with Crippen molar-refractivity contribution in [3.63, 3.8) is 0 Å². The molecule has 0 fully saturated rings. The molecule has 1 atom stereocenters. The number of carboxylic acid groups (broad SMARTS) is 1. The summed E-state index contributed by atoms with van der Waals surface area (Å²) >= 11 is 0. The Bertz CT molecular complexity index is 586. The summed E-state index contributed by atoms with van der Waals surface area (Å²) in [5.41, 5.74) is 6.26. The van der Waals surface area contributed by atoms with E-state index in [1.54, 1.807) is 24.4 Å². The lowest BCUT2D eigenvalue weighted by Crippen LogP contribution is -2.33. The fourth-order valence-corrected chi connectivity index (χ4v) is 1.65. The molecule has 6 nitrogen and oxygen atoms in total. The number of benzene rings is 1. The van der Waals surface area contributed by atoms with Gasteiger partial charge in [0.1, 0.15) is 11.9 Å². The number of nitrogens with one attached hydrogen (secondary N) is 1. The van der Waals surface area contributed by atoms with Gasteiger partial charge in [-0.25, -0.2) is 9.78 Å². The van der Waals surface area contributed by atoms with Crippen LogP contribution in [-0.4, -0.2) is 33.8 Å². The summed E-state index contributed by atoms with van der Waals surface area (Å²) in [5, 5.41) is 22.2. The third kappa shape index (κ3) is 2.33. The lowest BCUT2D eigenvalue weighted by Gasteiger charge is -2.14. The molecular formula is C12H13N3O3. The highest BCUT2D eigenvalue weighted by Gasteiger charge is 2.17. The third-order valence-corrected chi connectivity index (χ3v) is 2.58. The Hall–Kier alpha value is -2.34. The van der Waals surface area contributed by atoms with Crippen LogP contribution >= 0.6 is 0 Å². The molecule has 0 saturated heterocycles. The van der Waals surface area contributed by atoms with Crippen LogP contribution in [0.15, 0.2) is 30.5 Å². The summed E-state index contributed by atoms with van der Waals surface area (Å²) in [6, 6.07) is 6.00. The Morgan fingerprint density at radius 2 is 2.22 bits per heavy atom. The van der Waals surface area contributed by atoms with Gasteiger partial charge in [0, 0.05) is 17.3 Å². The van der Waals surface area contributed by atoms with Crippen molar-refractivity contribution in [1.29, 1.82) is 0 Å². The molecule has 2 aromatic rings. The number of aliphatic hydroxyl groups excluding tert-OH is 1. The van der Waals surface area contributed by atoms with Gasteiger partial charge in [-0.1, -0.05) is 6.07 Å². The van der Waals surface area contributed by atoms with Crippen LogP contribution in [-0.2, 0) is 4.79 Å². The van der Waals surface area contributed by atoms with Crippen LogP contribution in [0.1, 0.15) is 0 Å². The van der Waals surface area contributed by atoms with E-state index in [0.717, 1.165) is 10.8 Å². The highest BCUT2D eigenvalue weighted by molar-refractivity contribution is 5.95. The first-order chi connectivity index (χ1) is 8.61. The molecule has 0 spiro atoms. The summed E-state index contributed by atoms with van der Waals surface area (Å²) < 4.78 is 0. The fourth-order valence-electron chi connectivity index (χ4n) is 1.65. The Morgan fingerprint density at radius 3 is 2.89 bits per heavy atom. The number of pyridine rings is 1. The molecule has 1 aromatic carbocycles. The molecule has 0 bridgehead atoms. The Morgan fingerprint density at radius 1 is 1.44 bits per heavy atom. The van der Waals surface area contributed by atoms with E-state index in [0.29, 0.717) is 11.5 Å². The minimum absolute atomic E-state index is 0.390. The maximum atomic E-state index is 10.9. The highest BCUT2D eigenvalue weighted by atomic mass is 16.4. The number of anilines is 2. The van der Waals surface area contributed by atoms with Crippen molar-refractivity contribution in [1.82, 2.24) is 4.98 Å². The number of nitrogens with zero attached hydrogens (tertiary/aromatic N) is 1. The van der Waals surface area contributed by atoms with Crippen molar-refractivity contribution < 1.29 is 15.0 Å². The van der Waals surface area contributed by atoms with E-state index in [2.05, 4.69) is 10.3 Å². The molecule has 5 N–H and O–H groups in total. The van der Waals surface area contributed by atoms with Gasteiger partial charge in [0.05, 0.1) is 6.61 Å². The zero-order chi connectivity index (χ0) is 13.1. The second kappa shape index (κ2) is 4.89. The predicted octanol–water partition coefficient (Wildman–Crippen LogP) is 0.674. The summed E-state index contributed by atoms with van der Waals surface area (Å²) in [6.07, 6.45) is 1.57. The van der Waals surface area contributed by atoms with Gasteiger partial charge in [-0.3, -0.25) is 0 Å². The van der Waals surface area contributed by atoms with Gasteiger partial charge in [0.2, 0.25) is 0 Å². The number of hydrogen-bond acceptors (Lipinski definition) is 5. The van der Waals surface area contributed by atoms with E-state index in [4.69, 9.17) is 15.9 Å². The minimum atomic E-state index is -1.14. The molecule has 0 radical (unpaired) electrons. The van der Waals surface area contributed by atoms with Crippen LogP contribution < -0.4 is 11.1 Å². The topological polar surface area (TPSA) is 108 Å². The number of nitrogens with two attached hydrogens (primary N) is 1. The standard InChI is InChI=1S/C12H13N3O3/c13-8-2-1-7-3-4-14-11(9(7)5-8)15-10(6-16)12(17)18/h1-5,10,16H,6,13H2,(H,14,15)(H,17,18). The van der Waals surface area contributed by atoms with Crippen molar-refractivity contribution in [3.05, 3.63) is 30.5 Å². The van der Waals surface area contributed by atoms with Gasteiger partial charge in [-0.2, -0.15) is 0 Å². The van der Waals surface area contributed by atoms with E-state index in [9.17, 15) is 4.79 Å². The average molecular weight is 247 g/mol. The molecule has 1 heterocycles. The fraction of sp³-hybridized carbons (Fsp3) is 0.167. The quantitative estimate of drug-likeness (QED) is 0.591. The molecule has 0 aliphatic heterocycles. The Balaban J connectivity index is 2.44. The maximum Gasteiger partial charge on any atom is 0.328 e. The first-order valence-corrected chi connectivity index (χ1v) is 5.36. The van der Waals surface area contributed by atoms with E-state index in [1.165, 1.54) is 0 Å². The zero-order valence-electron chi connectivity index (χ0n) is 9.50. The second-order valence-electron chi connectivity index (χ2n) is 3.86. The number of aromatic nitrogens is 1. The molecule has 0 aliphatic rings. The lowest BCUT2D eigenvalue weighted by molar-refractivity contribution is -0.138. The molecule has 0 amide bonds. The maximum absolute atomic E-state index is 10.9. The number of aliphatic hydroxyl groups is 1. The largest absolute Gasteiger partial charge is 0.480 e. The molecule has 18 heavy (non-hydrogen) atoms. The van der Waals surface area contributed by atoms with Gasteiger partial charge >= 0.3 is 5.97 Å². The minimum Gasteiger partial charge on any atom is -0.480 e. The predicted molar refractivity (Wildman–Crippen MR) is 68.3 cm³/mol. The van der Waals surface area contributed by atoms with Crippen LogP contribution in [0, 0.1) is 0 Å². The van der Waals surface area contributed by atoms with Crippen LogP contribution in [0.4, 0.5) is 11.5 Å². The van der Waals surface area contributed by atoms with Crippen molar-refractivity contribution in [3.8, 4) is 0 Å².